The fourth-order valence-corrected chi connectivity index (χ4v) is 3.25. The first-order chi connectivity index (χ1) is 17.1. The van der Waals surface area contributed by atoms with E-state index in [2.05, 4.69) is 0 Å². The molecule has 0 spiro atoms. The van der Waals surface area contributed by atoms with Crippen LogP contribution in [0.15, 0.2) is 18.2 Å². The van der Waals surface area contributed by atoms with Crippen molar-refractivity contribution in [1.29, 1.82) is 5.41 Å². The molecule has 11 nitrogen and oxygen atoms in total. The molecule has 5 atom stereocenters. The van der Waals surface area contributed by atoms with Crippen LogP contribution in [-0.4, -0.2) is 70.9 Å². The van der Waals surface area contributed by atoms with E-state index < -0.39 is 88.1 Å². The van der Waals surface area contributed by atoms with Gasteiger partial charge in [0.2, 0.25) is 18.3 Å². The summed E-state index contributed by atoms with van der Waals surface area (Å²) in [6.45, 7) is 2.44. The summed E-state index contributed by atoms with van der Waals surface area (Å²) < 4.78 is 56.8. The molecule has 1 saturated heterocycles. The van der Waals surface area contributed by atoms with Crippen LogP contribution in [0, 0.1) is 17.0 Å². The van der Waals surface area contributed by atoms with Crippen LogP contribution in [0.2, 0.25) is 0 Å². The Morgan fingerprint density at radius 2 is 1.51 bits per heavy atom. The van der Waals surface area contributed by atoms with Crippen LogP contribution in [0.1, 0.15) is 31.1 Å². The minimum Gasteiger partial charge on any atom is -0.463 e. The molecular weight excluding hydrogens is 571 g/mol. The monoisotopic (exact) mass is 589 g/mol. The molecule has 0 amide bonds. The summed E-state index contributed by atoms with van der Waals surface area (Å²) in [5.41, 5.74) is -0.858. The Kier molecular flexibility index (Phi) is 10.4. The van der Waals surface area contributed by atoms with Gasteiger partial charge in [-0.05, 0) is 18.2 Å². The van der Waals surface area contributed by atoms with E-state index in [1.54, 1.807) is 0 Å². The lowest BCUT2D eigenvalue weighted by molar-refractivity contribution is -0.288. The second-order valence-electron chi connectivity index (χ2n) is 7.43. The predicted molar refractivity (Wildman–Crippen MR) is 121 cm³/mol. The molecule has 37 heavy (non-hydrogen) atoms. The van der Waals surface area contributed by atoms with Gasteiger partial charge in [-0.3, -0.25) is 19.8 Å². The third-order valence-electron chi connectivity index (χ3n) is 4.53. The van der Waals surface area contributed by atoms with Crippen LogP contribution < -0.4 is 0 Å². The maximum atomic E-state index is 14.2. The average Bonchev–Trinajstić information content (AvgIpc) is 2.76. The van der Waals surface area contributed by atoms with Gasteiger partial charge in [0, 0.05) is 20.8 Å². The fourth-order valence-electron chi connectivity index (χ4n) is 3.12. The van der Waals surface area contributed by atoms with E-state index in [4.69, 9.17) is 68.6 Å². The maximum Gasteiger partial charge on any atom is 0.341 e. The summed E-state index contributed by atoms with van der Waals surface area (Å²) >= 11 is 17.0. The zero-order chi connectivity index (χ0) is 28.1. The number of carbonyl (C=O) groups is 4. The highest BCUT2D eigenvalue weighted by atomic mass is 35.6. The molecule has 0 radical (unpaired) electrons. The molecule has 0 saturated carbocycles. The standard InChI is InChI=1S/C21H20Cl3F2NO10/c1-8(28)32-7-14-15(33-9(2)29)16(34-10(3)30)17(19(35-14)37-20(27)21(22,23)24)36-18(31)12-6-11(25)4-5-13(12)26/h4-6,14-17,19,27H,7H2,1-3H3/t14-,15+,16+,17-,19-/m1/s1. The summed E-state index contributed by atoms with van der Waals surface area (Å²) in [5.74, 6) is -7.30. The van der Waals surface area contributed by atoms with E-state index >= 15 is 0 Å². The van der Waals surface area contributed by atoms with Gasteiger partial charge in [0.25, 0.3) is 3.79 Å². The van der Waals surface area contributed by atoms with Crippen molar-refractivity contribution >= 4 is 64.6 Å². The Morgan fingerprint density at radius 3 is 2.05 bits per heavy atom. The number of hydrogen-bond acceptors (Lipinski definition) is 11. The largest absolute Gasteiger partial charge is 0.463 e. The van der Waals surface area contributed by atoms with Crippen LogP contribution in [0.4, 0.5) is 8.78 Å². The third kappa shape index (κ3) is 8.66. The summed E-state index contributed by atoms with van der Waals surface area (Å²) in [6, 6.07) is 1.95. The molecule has 0 unspecified atom stereocenters. The highest BCUT2D eigenvalue weighted by Gasteiger charge is 2.54. The Hall–Kier alpha value is -2.74. The lowest BCUT2D eigenvalue weighted by Crippen LogP contribution is -2.63. The van der Waals surface area contributed by atoms with Crippen molar-refractivity contribution in [3.63, 3.8) is 0 Å². The van der Waals surface area contributed by atoms with Crippen LogP contribution in [0.25, 0.3) is 0 Å². The minimum atomic E-state index is -2.44. The highest BCUT2D eigenvalue weighted by Crippen LogP contribution is 2.34. The van der Waals surface area contributed by atoms with Crippen molar-refractivity contribution in [3.05, 3.63) is 35.4 Å². The van der Waals surface area contributed by atoms with E-state index in [1.165, 1.54) is 0 Å². The van der Waals surface area contributed by atoms with Crippen molar-refractivity contribution in [3.8, 4) is 0 Å². The summed E-state index contributed by atoms with van der Waals surface area (Å²) in [4.78, 5) is 47.9. The number of carbonyl (C=O) groups excluding carboxylic acids is 4. The highest BCUT2D eigenvalue weighted by molar-refractivity contribution is 6.76. The van der Waals surface area contributed by atoms with E-state index in [9.17, 15) is 28.0 Å². The molecular formula is C21H20Cl3F2NO10. The fraction of sp³-hybridized carbons (Fsp3) is 0.476. The predicted octanol–water partition coefficient (Wildman–Crippen LogP) is 3.01. The molecule has 1 aliphatic rings. The number of halogens is 5. The van der Waals surface area contributed by atoms with E-state index in [-0.39, 0.29) is 0 Å². The van der Waals surface area contributed by atoms with E-state index in [0.717, 1.165) is 26.8 Å². The topological polar surface area (TPSA) is 148 Å². The number of alkyl halides is 3. The van der Waals surface area contributed by atoms with Gasteiger partial charge in [0.05, 0.1) is 5.56 Å². The second kappa shape index (κ2) is 12.7. The quantitative estimate of drug-likeness (QED) is 0.165. The Balaban J connectivity index is 2.56. The molecule has 1 heterocycles. The first kappa shape index (κ1) is 30.5. The number of hydrogen-bond donors (Lipinski definition) is 1. The van der Waals surface area contributed by atoms with Gasteiger partial charge < -0.3 is 28.4 Å². The SMILES string of the molecule is CC(=O)OC[C@H]1O[C@H](OC(=N)C(Cl)(Cl)Cl)[C@H](OC(=O)c2cc(F)ccc2F)[C@@H](OC(C)=O)[C@H]1OC(C)=O. The number of benzene rings is 1. The number of rotatable bonds is 7. The van der Waals surface area contributed by atoms with Crippen molar-refractivity contribution in [2.75, 3.05) is 6.61 Å². The number of nitrogens with one attached hydrogen (secondary N) is 1. The lowest BCUT2D eigenvalue weighted by Gasteiger charge is -2.44. The van der Waals surface area contributed by atoms with Crippen LogP contribution in [-0.2, 0) is 42.8 Å². The molecule has 1 aromatic carbocycles. The Labute approximate surface area is 223 Å². The molecule has 1 N–H and O–H groups in total. The van der Waals surface area contributed by atoms with Crippen molar-refractivity contribution in [2.45, 2.75) is 55.3 Å². The molecule has 16 heteroatoms. The molecule has 1 aliphatic heterocycles. The van der Waals surface area contributed by atoms with Crippen molar-refractivity contribution in [1.82, 2.24) is 0 Å². The minimum absolute atomic E-state index is 0.536. The normalized spacial score (nSPS) is 23.4. The van der Waals surface area contributed by atoms with Gasteiger partial charge in [0.15, 0.2) is 12.2 Å². The molecule has 0 bridgehead atoms. The average molecular weight is 591 g/mol. The van der Waals surface area contributed by atoms with Gasteiger partial charge in [-0.1, -0.05) is 34.8 Å². The summed E-state index contributed by atoms with van der Waals surface area (Å²) in [6.07, 6.45) is -8.60. The summed E-state index contributed by atoms with van der Waals surface area (Å²) in [5, 5.41) is 7.86. The van der Waals surface area contributed by atoms with Gasteiger partial charge in [-0.15, -0.1) is 0 Å². The Morgan fingerprint density at radius 1 is 0.919 bits per heavy atom. The van der Waals surface area contributed by atoms with Crippen LogP contribution >= 0.6 is 34.8 Å². The third-order valence-corrected chi connectivity index (χ3v) is 5.04. The van der Waals surface area contributed by atoms with E-state index in [0.29, 0.717) is 12.1 Å². The van der Waals surface area contributed by atoms with Gasteiger partial charge in [-0.2, -0.15) is 0 Å². The van der Waals surface area contributed by atoms with Gasteiger partial charge >= 0.3 is 23.9 Å². The molecule has 1 fully saturated rings. The van der Waals surface area contributed by atoms with Gasteiger partial charge in [-0.25, -0.2) is 13.6 Å². The lowest BCUT2D eigenvalue weighted by atomic mass is 9.98. The van der Waals surface area contributed by atoms with E-state index in [1.807, 2.05) is 0 Å². The van der Waals surface area contributed by atoms with Crippen LogP contribution in [0.3, 0.4) is 0 Å². The number of esters is 4. The zero-order valence-electron chi connectivity index (χ0n) is 19.3. The first-order valence-electron chi connectivity index (χ1n) is 10.2. The van der Waals surface area contributed by atoms with Crippen molar-refractivity contribution < 1.29 is 56.4 Å². The Bertz CT molecular complexity index is 1070. The molecule has 204 valence electrons. The molecule has 1 aromatic rings. The van der Waals surface area contributed by atoms with Crippen LogP contribution in [0.5, 0.6) is 0 Å². The zero-order valence-corrected chi connectivity index (χ0v) is 21.6. The first-order valence-corrected chi connectivity index (χ1v) is 11.3. The summed E-state index contributed by atoms with van der Waals surface area (Å²) in [7, 11) is 0. The second-order valence-corrected chi connectivity index (χ2v) is 9.71. The smallest absolute Gasteiger partial charge is 0.341 e. The molecule has 2 rings (SSSR count). The molecule has 0 aromatic heterocycles. The number of ether oxygens (including phenoxy) is 6. The molecule has 0 aliphatic carbocycles. The maximum absolute atomic E-state index is 14.2. The van der Waals surface area contributed by atoms with Crippen molar-refractivity contribution in [2.24, 2.45) is 0 Å². The van der Waals surface area contributed by atoms with Gasteiger partial charge in [0.1, 0.15) is 24.3 Å².